The first-order chi connectivity index (χ1) is 17.3. The second-order valence-electron chi connectivity index (χ2n) is 8.54. The Labute approximate surface area is 209 Å². The molecule has 5 aromatic carbocycles. The predicted molar refractivity (Wildman–Crippen MR) is 147 cm³/mol. The van der Waals surface area contributed by atoms with Crippen LogP contribution in [0.25, 0.3) is 16.8 Å². The third-order valence-corrected chi connectivity index (χ3v) is 7.86. The van der Waals surface area contributed by atoms with Crippen LogP contribution >= 0.6 is 11.8 Å². The molecule has 1 unspecified atom stereocenters. The summed E-state index contributed by atoms with van der Waals surface area (Å²) in [5.74, 6) is -0.0190. The third kappa shape index (κ3) is 3.74. The van der Waals surface area contributed by atoms with Gasteiger partial charge in [-0.05, 0) is 52.2 Å². The highest BCUT2D eigenvalue weighted by atomic mass is 32.2. The Morgan fingerprint density at radius 1 is 0.686 bits per heavy atom. The van der Waals surface area contributed by atoms with Crippen molar-refractivity contribution in [3.05, 3.63) is 150 Å². The molecule has 2 nitrogen and oxygen atoms in total. The molecule has 0 radical (unpaired) electrons. The minimum absolute atomic E-state index is 0.0190. The van der Waals surface area contributed by atoms with Gasteiger partial charge in [-0.15, -0.1) is 0 Å². The summed E-state index contributed by atoms with van der Waals surface area (Å²) >= 11 is 1.71. The normalized spacial score (nSPS) is 17.1. The van der Waals surface area contributed by atoms with E-state index < -0.39 is 4.87 Å². The number of hydrogen-bond donors (Lipinski definition) is 0. The number of nitrogens with zero attached hydrogens (tertiary/aromatic N) is 1. The molecule has 0 saturated heterocycles. The summed E-state index contributed by atoms with van der Waals surface area (Å²) in [4.78, 5) is 16.4. The number of benzene rings is 5. The van der Waals surface area contributed by atoms with Crippen LogP contribution in [0.5, 0.6) is 0 Å². The first-order valence-corrected chi connectivity index (χ1v) is 12.5. The molecule has 1 heterocycles. The first-order valence-electron chi connectivity index (χ1n) is 11.7. The molecular formula is C32H23NOS. The molecule has 1 aliphatic rings. The van der Waals surface area contributed by atoms with Gasteiger partial charge in [-0.2, -0.15) is 0 Å². The monoisotopic (exact) mass is 469 g/mol. The van der Waals surface area contributed by atoms with Gasteiger partial charge in [0.1, 0.15) is 4.87 Å². The minimum Gasteiger partial charge on any atom is -0.284 e. The van der Waals surface area contributed by atoms with Gasteiger partial charge in [0.2, 0.25) is 0 Å². The van der Waals surface area contributed by atoms with Gasteiger partial charge in [0.15, 0.2) is 0 Å². The van der Waals surface area contributed by atoms with Crippen LogP contribution in [0.2, 0.25) is 0 Å². The molecule has 1 atom stereocenters. The third-order valence-electron chi connectivity index (χ3n) is 6.43. The summed E-state index contributed by atoms with van der Waals surface area (Å²) < 4.78 is 0. The lowest BCUT2D eigenvalue weighted by atomic mass is 9.99. The van der Waals surface area contributed by atoms with Crippen LogP contribution in [-0.2, 0) is 4.87 Å². The lowest BCUT2D eigenvalue weighted by Crippen LogP contribution is -2.43. The van der Waals surface area contributed by atoms with Crippen molar-refractivity contribution in [1.29, 1.82) is 0 Å². The number of fused-ring (bicyclic) bond motifs is 2. The lowest BCUT2D eigenvalue weighted by Gasteiger charge is -2.36. The topological polar surface area (TPSA) is 20.3 Å². The predicted octanol–water partition coefficient (Wildman–Crippen LogP) is 8.16. The second-order valence-corrected chi connectivity index (χ2v) is 9.81. The van der Waals surface area contributed by atoms with Gasteiger partial charge < -0.3 is 0 Å². The Morgan fingerprint density at radius 3 is 2.17 bits per heavy atom. The van der Waals surface area contributed by atoms with Gasteiger partial charge >= 0.3 is 0 Å². The van der Waals surface area contributed by atoms with Gasteiger partial charge in [-0.1, -0.05) is 121 Å². The van der Waals surface area contributed by atoms with Crippen LogP contribution in [0.1, 0.15) is 21.5 Å². The molecule has 168 valence electrons. The molecule has 1 amide bonds. The largest absolute Gasteiger partial charge is 0.284 e. The van der Waals surface area contributed by atoms with Crippen molar-refractivity contribution in [3.8, 4) is 0 Å². The minimum atomic E-state index is -0.727. The van der Waals surface area contributed by atoms with Crippen molar-refractivity contribution < 1.29 is 4.79 Å². The van der Waals surface area contributed by atoms with Crippen LogP contribution in [0.15, 0.2) is 138 Å². The van der Waals surface area contributed by atoms with E-state index in [0.29, 0.717) is 5.56 Å². The summed E-state index contributed by atoms with van der Waals surface area (Å²) in [6.07, 6.45) is 4.36. The Kier molecular flexibility index (Phi) is 5.48. The average molecular weight is 470 g/mol. The summed E-state index contributed by atoms with van der Waals surface area (Å²) in [7, 11) is 0. The van der Waals surface area contributed by atoms with Crippen molar-refractivity contribution in [2.45, 2.75) is 9.77 Å². The molecule has 0 spiro atoms. The number of hydrogen-bond acceptors (Lipinski definition) is 2. The van der Waals surface area contributed by atoms with Crippen molar-refractivity contribution in [3.63, 3.8) is 0 Å². The summed E-state index contributed by atoms with van der Waals surface area (Å²) in [6, 6.07) is 42.8. The summed E-state index contributed by atoms with van der Waals surface area (Å²) in [5.41, 5.74) is 3.78. The number of anilines is 1. The Hall–Kier alpha value is -4.08. The van der Waals surface area contributed by atoms with Crippen LogP contribution in [-0.4, -0.2) is 5.91 Å². The van der Waals surface area contributed by atoms with E-state index in [4.69, 9.17) is 0 Å². The molecule has 0 bridgehead atoms. The van der Waals surface area contributed by atoms with Crippen LogP contribution in [0.4, 0.5) is 5.69 Å². The van der Waals surface area contributed by atoms with Crippen molar-refractivity contribution >= 4 is 40.2 Å². The van der Waals surface area contributed by atoms with E-state index in [9.17, 15) is 4.79 Å². The Bertz CT molecular complexity index is 1540. The van der Waals surface area contributed by atoms with Gasteiger partial charge in [-0.3, -0.25) is 9.69 Å². The maximum atomic E-state index is 14.1. The Balaban J connectivity index is 1.57. The fraction of sp³-hybridized carbons (Fsp3) is 0.0312. The molecule has 0 aromatic heterocycles. The molecular weight excluding hydrogens is 446 g/mol. The lowest BCUT2D eigenvalue weighted by molar-refractivity contribution is 0.0978. The van der Waals surface area contributed by atoms with Crippen molar-refractivity contribution in [1.82, 2.24) is 0 Å². The van der Waals surface area contributed by atoms with E-state index >= 15 is 0 Å². The van der Waals surface area contributed by atoms with E-state index in [2.05, 4.69) is 72.8 Å². The highest BCUT2D eigenvalue weighted by molar-refractivity contribution is 8.01. The van der Waals surface area contributed by atoms with E-state index in [1.165, 1.54) is 10.8 Å². The second kappa shape index (κ2) is 8.94. The molecule has 1 aliphatic heterocycles. The van der Waals surface area contributed by atoms with Crippen molar-refractivity contribution in [2.75, 3.05) is 4.90 Å². The number of amides is 1. The smallest absolute Gasteiger partial charge is 0.260 e. The zero-order valence-electron chi connectivity index (χ0n) is 19.0. The highest BCUT2D eigenvalue weighted by Gasteiger charge is 2.47. The van der Waals surface area contributed by atoms with Crippen LogP contribution in [0.3, 0.4) is 0 Å². The molecule has 3 heteroatoms. The molecule has 0 aliphatic carbocycles. The van der Waals surface area contributed by atoms with Crippen LogP contribution < -0.4 is 4.90 Å². The molecule has 0 saturated carbocycles. The fourth-order valence-electron chi connectivity index (χ4n) is 4.76. The number of rotatable bonds is 4. The first kappa shape index (κ1) is 21.5. The van der Waals surface area contributed by atoms with Gasteiger partial charge in [-0.25, -0.2) is 0 Å². The maximum absolute atomic E-state index is 14.1. The van der Waals surface area contributed by atoms with Crippen LogP contribution in [0, 0.1) is 0 Å². The zero-order chi connectivity index (χ0) is 23.7. The van der Waals surface area contributed by atoms with Crippen molar-refractivity contribution in [2.24, 2.45) is 0 Å². The number of carbonyl (C=O) groups excluding carboxylic acids is 1. The highest BCUT2D eigenvalue weighted by Crippen LogP contribution is 2.57. The van der Waals surface area contributed by atoms with Gasteiger partial charge in [0.05, 0.1) is 5.69 Å². The van der Waals surface area contributed by atoms with Gasteiger partial charge in [0.25, 0.3) is 5.91 Å². The number of thioether (sulfide) groups is 1. The Morgan fingerprint density at radius 2 is 1.34 bits per heavy atom. The molecule has 5 aromatic rings. The van der Waals surface area contributed by atoms with E-state index in [1.807, 2.05) is 71.6 Å². The fourth-order valence-corrected chi connectivity index (χ4v) is 6.17. The van der Waals surface area contributed by atoms with Gasteiger partial charge in [0, 0.05) is 10.5 Å². The van der Waals surface area contributed by atoms with E-state index in [1.54, 1.807) is 11.8 Å². The molecule has 35 heavy (non-hydrogen) atoms. The van der Waals surface area contributed by atoms with E-state index in [-0.39, 0.29) is 5.91 Å². The number of para-hydroxylation sites is 1. The number of carbonyl (C=O) groups is 1. The molecule has 0 N–H and O–H groups in total. The quantitative estimate of drug-likeness (QED) is 0.265. The summed E-state index contributed by atoms with van der Waals surface area (Å²) in [6.45, 7) is 0. The molecule has 0 fully saturated rings. The SMILES string of the molecule is O=C(c1ccccc1)N1c2ccccc2SC1(C=Cc1cccc2ccccc12)c1ccccc1. The standard InChI is InChI=1S/C32H23NOS/c34-31(26-13-3-1-4-14-26)33-29-20-9-10-21-30(29)35-32(33,27-17-5-2-6-18-27)23-22-25-16-11-15-24-12-7-8-19-28(24)25/h1-23H. The van der Waals surface area contributed by atoms with E-state index in [0.717, 1.165) is 21.7 Å². The zero-order valence-corrected chi connectivity index (χ0v) is 19.9. The summed E-state index contributed by atoms with van der Waals surface area (Å²) in [5, 5.41) is 2.39. The average Bonchev–Trinajstić information content (AvgIpc) is 3.27. The maximum Gasteiger partial charge on any atom is 0.260 e. The molecule has 6 rings (SSSR count).